The Balaban J connectivity index is 2.20. The lowest BCUT2D eigenvalue weighted by Gasteiger charge is -2.11. The molecule has 0 amide bonds. The minimum atomic E-state index is -4.74. The monoisotopic (exact) mass is 314 g/mol. The highest BCUT2D eigenvalue weighted by atomic mass is 35.5. The minimum Gasteiger partial charge on any atom is -0.338 e. The number of halogens is 5. The lowest BCUT2D eigenvalue weighted by molar-refractivity contribution is -0.137. The van der Waals surface area contributed by atoms with Gasteiger partial charge in [-0.25, -0.2) is 9.37 Å². The molecule has 108 valence electrons. The van der Waals surface area contributed by atoms with Gasteiger partial charge in [0, 0.05) is 5.56 Å². The number of hydrogen-bond donors (Lipinski definition) is 1. The smallest absolute Gasteiger partial charge is 0.338 e. The van der Waals surface area contributed by atoms with Crippen molar-refractivity contribution in [1.29, 1.82) is 0 Å². The summed E-state index contributed by atoms with van der Waals surface area (Å²) in [4.78, 5) is 6.99. The maximum absolute atomic E-state index is 13.6. The predicted molar refractivity (Wildman–Crippen MR) is 71.5 cm³/mol. The number of nitrogens with zero attached hydrogens (tertiary/aromatic N) is 1. The summed E-state index contributed by atoms with van der Waals surface area (Å²) >= 11 is 5.39. The van der Waals surface area contributed by atoms with Crippen LogP contribution in [0.1, 0.15) is 5.56 Å². The molecule has 0 fully saturated rings. The number of benzene rings is 2. The van der Waals surface area contributed by atoms with Gasteiger partial charge in [0.15, 0.2) is 0 Å². The Kier molecular flexibility index (Phi) is 3.13. The first-order chi connectivity index (χ1) is 9.86. The second kappa shape index (κ2) is 4.73. The Bertz CT molecular complexity index is 790. The molecule has 1 heterocycles. The first-order valence-corrected chi connectivity index (χ1v) is 6.25. The Morgan fingerprint density at radius 2 is 1.81 bits per heavy atom. The molecule has 0 saturated carbocycles. The van der Waals surface area contributed by atoms with Gasteiger partial charge >= 0.3 is 6.18 Å². The van der Waals surface area contributed by atoms with Crippen molar-refractivity contribution in [1.82, 2.24) is 9.97 Å². The fraction of sp³-hybridized carbons (Fsp3) is 0.0714. The molecule has 7 heteroatoms. The molecule has 0 radical (unpaired) electrons. The van der Waals surface area contributed by atoms with Crippen LogP contribution in [0.5, 0.6) is 0 Å². The van der Waals surface area contributed by atoms with Gasteiger partial charge in [0.1, 0.15) is 11.6 Å². The fourth-order valence-corrected chi connectivity index (χ4v) is 2.24. The van der Waals surface area contributed by atoms with Crippen molar-refractivity contribution >= 4 is 22.6 Å². The molecule has 3 rings (SSSR count). The molecule has 2 nitrogen and oxygen atoms in total. The van der Waals surface area contributed by atoms with E-state index in [2.05, 4.69) is 9.97 Å². The maximum Gasteiger partial charge on any atom is 0.417 e. The van der Waals surface area contributed by atoms with Gasteiger partial charge in [0.2, 0.25) is 0 Å². The normalized spacial score (nSPS) is 12.0. The number of alkyl halides is 3. The molecule has 21 heavy (non-hydrogen) atoms. The summed E-state index contributed by atoms with van der Waals surface area (Å²) in [6.07, 6.45) is -4.74. The Hall–Kier alpha value is -2.08. The van der Waals surface area contributed by atoms with Crippen molar-refractivity contribution in [3.63, 3.8) is 0 Å². The van der Waals surface area contributed by atoms with Crippen LogP contribution in [0.25, 0.3) is 22.4 Å². The summed E-state index contributed by atoms with van der Waals surface area (Å²) in [6, 6.07) is 8.64. The third kappa shape index (κ3) is 2.47. The lowest BCUT2D eigenvalue weighted by Crippen LogP contribution is -2.07. The van der Waals surface area contributed by atoms with Gasteiger partial charge in [0.05, 0.1) is 21.6 Å². The van der Waals surface area contributed by atoms with Crippen LogP contribution in [0.2, 0.25) is 5.02 Å². The van der Waals surface area contributed by atoms with Gasteiger partial charge in [-0.2, -0.15) is 13.2 Å². The Morgan fingerprint density at radius 1 is 1.10 bits per heavy atom. The molecule has 2 aromatic carbocycles. The van der Waals surface area contributed by atoms with Gasteiger partial charge in [-0.05, 0) is 24.3 Å². The summed E-state index contributed by atoms with van der Waals surface area (Å²) in [5.74, 6) is -0.987. The quantitative estimate of drug-likeness (QED) is 0.626. The fourth-order valence-electron chi connectivity index (χ4n) is 2.02. The number of hydrogen-bond acceptors (Lipinski definition) is 1. The SMILES string of the molecule is Fc1cc(-c2nc3ccccc3[nH]2)cc(C(F)(F)F)c1Cl. The number of rotatable bonds is 1. The topological polar surface area (TPSA) is 28.7 Å². The second-order valence-electron chi connectivity index (χ2n) is 4.42. The van der Waals surface area contributed by atoms with Crippen LogP contribution in [-0.4, -0.2) is 9.97 Å². The maximum atomic E-state index is 13.6. The molecule has 0 atom stereocenters. The highest BCUT2D eigenvalue weighted by Crippen LogP contribution is 2.38. The van der Waals surface area contributed by atoms with Crippen LogP contribution in [0.15, 0.2) is 36.4 Å². The van der Waals surface area contributed by atoms with E-state index in [4.69, 9.17) is 11.6 Å². The largest absolute Gasteiger partial charge is 0.417 e. The van der Waals surface area contributed by atoms with Crippen molar-refractivity contribution in [2.24, 2.45) is 0 Å². The van der Waals surface area contributed by atoms with Gasteiger partial charge in [-0.3, -0.25) is 0 Å². The Labute approximate surface area is 121 Å². The van der Waals surface area contributed by atoms with E-state index < -0.39 is 22.6 Å². The van der Waals surface area contributed by atoms with E-state index in [-0.39, 0.29) is 11.4 Å². The highest BCUT2D eigenvalue weighted by molar-refractivity contribution is 6.31. The van der Waals surface area contributed by atoms with Crippen LogP contribution < -0.4 is 0 Å². The first-order valence-electron chi connectivity index (χ1n) is 5.87. The predicted octanol–water partition coefficient (Wildman–Crippen LogP) is 5.04. The zero-order valence-electron chi connectivity index (χ0n) is 10.3. The van der Waals surface area contributed by atoms with Gasteiger partial charge < -0.3 is 4.98 Å². The number of para-hydroxylation sites is 2. The standard InChI is InChI=1S/C14H7ClF4N2/c15-12-8(14(17,18)19)5-7(6-9(12)16)13-20-10-3-1-2-4-11(10)21-13/h1-6H,(H,20,21). The number of aromatic amines is 1. The van der Waals surface area contributed by atoms with Crippen molar-refractivity contribution in [2.75, 3.05) is 0 Å². The number of aromatic nitrogens is 2. The number of nitrogens with one attached hydrogen (secondary N) is 1. The van der Waals surface area contributed by atoms with E-state index in [1.807, 2.05) is 0 Å². The zero-order chi connectivity index (χ0) is 15.2. The van der Waals surface area contributed by atoms with Crippen LogP contribution in [0.4, 0.5) is 17.6 Å². The van der Waals surface area contributed by atoms with E-state index in [0.29, 0.717) is 11.0 Å². The van der Waals surface area contributed by atoms with Crippen LogP contribution in [-0.2, 0) is 6.18 Å². The van der Waals surface area contributed by atoms with Crippen LogP contribution in [0.3, 0.4) is 0 Å². The third-order valence-corrected chi connectivity index (χ3v) is 3.38. The molecule has 0 aliphatic carbocycles. The van der Waals surface area contributed by atoms with Gasteiger partial charge in [-0.15, -0.1) is 0 Å². The van der Waals surface area contributed by atoms with Crippen molar-refractivity contribution in [2.45, 2.75) is 6.18 Å². The molecular weight excluding hydrogens is 308 g/mol. The molecule has 0 bridgehead atoms. The van der Waals surface area contributed by atoms with E-state index in [1.165, 1.54) is 0 Å². The van der Waals surface area contributed by atoms with Gasteiger partial charge in [-0.1, -0.05) is 23.7 Å². The molecule has 3 aromatic rings. The number of imidazole rings is 1. The average molecular weight is 315 g/mol. The first kappa shape index (κ1) is 13.9. The molecule has 1 N–H and O–H groups in total. The van der Waals surface area contributed by atoms with Crippen molar-refractivity contribution in [3.05, 3.63) is 52.8 Å². The van der Waals surface area contributed by atoms with Crippen LogP contribution in [0, 0.1) is 5.82 Å². The molecular formula is C14H7ClF4N2. The molecule has 0 spiro atoms. The zero-order valence-corrected chi connectivity index (χ0v) is 11.1. The Morgan fingerprint density at radius 3 is 2.48 bits per heavy atom. The summed E-state index contributed by atoms with van der Waals surface area (Å²) in [5, 5.41) is -0.942. The summed E-state index contributed by atoms with van der Waals surface area (Å²) in [6.45, 7) is 0. The van der Waals surface area contributed by atoms with Gasteiger partial charge in [0.25, 0.3) is 0 Å². The van der Waals surface area contributed by atoms with E-state index in [1.54, 1.807) is 24.3 Å². The second-order valence-corrected chi connectivity index (χ2v) is 4.80. The van der Waals surface area contributed by atoms with E-state index >= 15 is 0 Å². The molecule has 1 aromatic heterocycles. The summed E-state index contributed by atoms with van der Waals surface area (Å²) in [5.41, 5.74) is -0.00659. The summed E-state index contributed by atoms with van der Waals surface area (Å²) in [7, 11) is 0. The average Bonchev–Trinajstić information content (AvgIpc) is 2.84. The van der Waals surface area contributed by atoms with E-state index in [9.17, 15) is 17.6 Å². The molecule has 0 unspecified atom stereocenters. The van der Waals surface area contributed by atoms with E-state index in [0.717, 1.165) is 12.1 Å². The molecule has 0 aliphatic heterocycles. The number of fused-ring (bicyclic) bond motifs is 1. The van der Waals surface area contributed by atoms with Crippen molar-refractivity contribution < 1.29 is 17.6 Å². The highest BCUT2D eigenvalue weighted by Gasteiger charge is 2.35. The van der Waals surface area contributed by atoms with Crippen LogP contribution >= 0.6 is 11.6 Å². The minimum absolute atomic E-state index is 0.0135. The summed E-state index contributed by atoms with van der Waals surface area (Å²) < 4.78 is 52.2. The van der Waals surface area contributed by atoms with Crippen molar-refractivity contribution in [3.8, 4) is 11.4 Å². The molecule has 0 aliphatic rings. The molecule has 0 saturated heterocycles. The number of H-pyrrole nitrogens is 1. The third-order valence-electron chi connectivity index (χ3n) is 3.00. The lowest BCUT2D eigenvalue weighted by atomic mass is 10.1.